The number of hydrogen-bond acceptors (Lipinski definition) is 4. The van der Waals surface area contributed by atoms with Gasteiger partial charge < -0.3 is 14.6 Å². The first kappa shape index (κ1) is 12.1. The Hall–Kier alpha value is -0.970. The van der Waals surface area contributed by atoms with Gasteiger partial charge in [-0.15, -0.1) is 0 Å². The van der Waals surface area contributed by atoms with E-state index in [0.717, 1.165) is 19.3 Å². The van der Waals surface area contributed by atoms with E-state index in [2.05, 4.69) is 4.74 Å². The molecule has 86 valence electrons. The molecule has 0 amide bonds. The molecule has 15 heavy (non-hydrogen) atoms. The summed E-state index contributed by atoms with van der Waals surface area (Å²) < 4.78 is 9.20. The number of aliphatic carboxylic acids is 1. The van der Waals surface area contributed by atoms with Crippen LogP contribution < -0.4 is 0 Å². The van der Waals surface area contributed by atoms with Crippen LogP contribution in [0.1, 0.15) is 32.1 Å². The summed E-state index contributed by atoms with van der Waals surface area (Å²) in [6, 6.07) is -0.339. The number of hydrogen-bond donors (Lipinski definition) is 1. The maximum absolute atomic E-state index is 11.1. The molecule has 1 aliphatic rings. The highest BCUT2D eigenvalue weighted by molar-refractivity contribution is 6.17. The molecule has 0 saturated heterocycles. The second kappa shape index (κ2) is 5.21. The van der Waals surface area contributed by atoms with E-state index < -0.39 is 17.7 Å². The fourth-order valence-electron chi connectivity index (χ4n) is 1.72. The number of ether oxygens (including phenoxy) is 2. The minimum Gasteiger partial charge on any atom is -0.478 e. The molecular weight excluding hydrogens is 224 g/mol. The maximum Gasteiger partial charge on any atom is 0.510 e. The summed E-state index contributed by atoms with van der Waals surface area (Å²) in [5.74, 6) is -1.12. The summed E-state index contributed by atoms with van der Waals surface area (Å²) in [6.07, 6.45) is 2.08. The lowest BCUT2D eigenvalue weighted by atomic mass is 9.85. The van der Waals surface area contributed by atoms with Gasteiger partial charge in [0.25, 0.3) is 0 Å². The predicted molar refractivity (Wildman–Crippen MR) is 51.7 cm³/mol. The monoisotopic (exact) mass is 236 g/mol. The van der Waals surface area contributed by atoms with Crippen LogP contribution in [0.15, 0.2) is 0 Å². The van der Waals surface area contributed by atoms with Gasteiger partial charge in [-0.3, -0.25) is 0 Å². The summed E-state index contributed by atoms with van der Waals surface area (Å²) in [7, 11) is 0. The van der Waals surface area contributed by atoms with Gasteiger partial charge in [0.05, 0.1) is 0 Å². The molecule has 0 unspecified atom stereocenters. The Morgan fingerprint density at radius 2 is 1.87 bits per heavy atom. The standard InChI is InChI=1S/C9H13ClO5/c10-6-14-8(13)15-9(7(11)12)4-2-1-3-5-9/h1-6H2,(H,11,12). The van der Waals surface area contributed by atoms with Crippen molar-refractivity contribution in [1.82, 2.24) is 0 Å². The van der Waals surface area contributed by atoms with E-state index in [-0.39, 0.29) is 6.07 Å². The van der Waals surface area contributed by atoms with E-state index in [1.165, 1.54) is 0 Å². The Bertz CT molecular complexity index is 247. The second-order valence-corrected chi connectivity index (χ2v) is 3.68. The lowest BCUT2D eigenvalue weighted by Gasteiger charge is -2.31. The van der Waals surface area contributed by atoms with Crippen molar-refractivity contribution in [3.8, 4) is 0 Å². The molecule has 1 rings (SSSR count). The first-order valence-corrected chi connectivity index (χ1v) is 5.29. The molecule has 5 nitrogen and oxygen atoms in total. The maximum atomic E-state index is 11.1. The van der Waals surface area contributed by atoms with Crippen LogP contribution in [-0.2, 0) is 14.3 Å². The fourth-order valence-corrected chi connectivity index (χ4v) is 1.81. The van der Waals surface area contributed by atoms with Crippen LogP contribution in [-0.4, -0.2) is 28.9 Å². The summed E-state index contributed by atoms with van der Waals surface area (Å²) in [4.78, 5) is 22.1. The van der Waals surface area contributed by atoms with Crippen molar-refractivity contribution < 1.29 is 24.2 Å². The van der Waals surface area contributed by atoms with Crippen LogP contribution in [0, 0.1) is 0 Å². The van der Waals surface area contributed by atoms with Crippen LogP contribution in [0.2, 0.25) is 0 Å². The van der Waals surface area contributed by atoms with Gasteiger partial charge in [-0.25, -0.2) is 9.59 Å². The van der Waals surface area contributed by atoms with E-state index in [1.54, 1.807) is 0 Å². The summed E-state index contributed by atoms with van der Waals surface area (Å²) in [6.45, 7) is 0. The highest BCUT2D eigenvalue weighted by Crippen LogP contribution is 2.32. The van der Waals surface area contributed by atoms with Gasteiger partial charge in [-0.05, 0) is 25.7 Å². The number of carboxylic acid groups (broad SMARTS) is 1. The third-order valence-electron chi connectivity index (χ3n) is 2.50. The van der Waals surface area contributed by atoms with Crippen LogP contribution in [0.5, 0.6) is 0 Å². The number of alkyl halides is 1. The van der Waals surface area contributed by atoms with Crippen molar-refractivity contribution in [3.63, 3.8) is 0 Å². The van der Waals surface area contributed by atoms with E-state index >= 15 is 0 Å². The molecule has 0 heterocycles. The predicted octanol–water partition coefficient (Wildman–Crippen LogP) is 2.12. The average molecular weight is 237 g/mol. The van der Waals surface area contributed by atoms with Gasteiger partial charge in [0, 0.05) is 0 Å². The molecule has 0 aliphatic heterocycles. The largest absolute Gasteiger partial charge is 0.510 e. The Balaban J connectivity index is 2.64. The zero-order valence-corrected chi connectivity index (χ0v) is 8.96. The van der Waals surface area contributed by atoms with Crippen LogP contribution in [0.25, 0.3) is 0 Å². The summed E-state index contributed by atoms with van der Waals surface area (Å²) in [5.41, 5.74) is -1.42. The molecule has 0 aromatic heterocycles. The fraction of sp³-hybridized carbons (Fsp3) is 0.778. The van der Waals surface area contributed by atoms with Gasteiger partial charge in [0.1, 0.15) is 0 Å². The molecule has 1 saturated carbocycles. The third kappa shape index (κ3) is 2.99. The highest BCUT2D eigenvalue weighted by atomic mass is 35.5. The first-order chi connectivity index (χ1) is 7.10. The quantitative estimate of drug-likeness (QED) is 0.600. The van der Waals surface area contributed by atoms with Gasteiger partial charge in [-0.1, -0.05) is 18.0 Å². The zero-order valence-electron chi connectivity index (χ0n) is 8.20. The number of carbonyl (C=O) groups excluding carboxylic acids is 1. The highest BCUT2D eigenvalue weighted by Gasteiger charge is 2.44. The van der Waals surface area contributed by atoms with Crippen LogP contribution in [0.4, 0.5) is 4.79 Å². The number of carbonyl (C=O) groups is 2. The Morgan fingerprint density at radius 1 is 1.27 bits per heavy atom. The van der Waals surface area contributed by atoms with Gasteiger partial charge in [0.2, 0.25) is 5.60 Å². The lowest BCUT2D eigenvalue weighted by Crippen LogP contribution is -2.45. The van der Waals surface area contributed by atoms with Gasteiger partial charge in [0.15, 0.2) is 6.07 Å². The Morgan fingerprint density at radius 3 is 2.33 bits per heavy atom. The molecule has 1 fully saturated rings. The molecule has 0 radical (unpaired) electrons. The third-order valence-corrected chi connectivity index (χ3v) is 2.61. The Kier molecular flexibility index (Phi) is 4.20. The number of carboxylic acids is 1. The topological polar surface area (TPSA) is 72.8 Å². The van der Waals surface area contributed by atoms with Crippen molar-refractivity contribution in [2.75, 3.05) is 6.07 Å². The zero-order chi connectivity index (χ0) is 11.3. The molecule has 0 aromatic carbocycles. The molecule has 6 heteroatoms. The summed E-state index contributed by atoms with van der Waals surface area (Å²) in [5, 5.41) is 9.04. The van der Waals surface area contributed by atoms with Crippen molar-refractivity contribution >= 4 is 23.7 Å². The second-order valence-electron chi connectivity index (χ2n) is 3.47. The van der Waals surface area contributed by atoms with E-state index in [0.29, 0.717) is 12.8 Å². The Labute approximate surface area is 92.3 Å². The molecule has 0 aromatic rings. The van der Waals surface area contributed by atoms with Gasteiger partial charge in [-0.2, -0.15) is 0 Å². The average Bonchev–Trinajstić information content (AvgIpc) is 2.19. The van der Waals surface area contributed by atoms with Crippen molar-refractivity contribution in [2.45, 2.75) is 37.7 Å². The number of halogens is 1. The first-order valence-electron chi connectivity index (χ1n) is 4.76. The van der Waals surface area contributed by atoms with Gasteiger partial charge >= 0.3 is 12.1 Å². The minimum absolute atomic E-state index is 0.333. The smallest absolute Gasteiger partial charge is 0.478 e. The molecule has 0 spiro atoms. The van der Waals surface area contributed by atoms with Crippen molar-refractivity contribution in [1.29, 1.82) is 0 Å². The summed E-state index contributed by atoms with van der Waals surface area (Å²) >= 11 is 5.17. The van der Waals surface area contributed by atoms with Crippen molar-refractivity contribution in [3.05, 3.63) is 0 Å². The van der Waals surface area contributed by atoms with Crippen LogP contribution >= 0.6 is 11.6 Å². The van der Waals surface area contributed by atoms with E-state index in [9.17, 15) is 9.59 Å². The lowest BCUT2D eigenvalue weighted by molar-refractivity contribution is -0.164. The molecule has 0 atom stereocenters. The van der Waals surface area contributed by atoms with E-state index in [1.807, 2.05) is 0 Å². The van der Waals surface area contributed by atoms with Crippen molar-refractivity contribution in [2.24, 2.45) is 0 Å². The SMILES string of the molecule is O=C(OCCl)OC1(C(=O)O)CCCCC1. The van der Waals surface area contributed by atoms with E-state index in [4.69, 9.17) is 21.4 Å². The molecular formula is C9H13ClO5. The molecule has 1 N–H and O–H groups in total. The minimum atomic E-state index is -1.42. The molecule has 0 bridgehead atoms. The normalized spacial score (nSPS) is 19.3. The van der Waals surface area contributed by atoms with Crippen LogP contribution in [0.3, 0.4) is 0 Å². The number of rotatable bonds is 3. The molecule has 1 aliphatic carbocycles.